The van der Waals surface area contributed by atoms with Gasteiger partial charge in [-0.3, -0.25) is 9.78 Å². The molecule has 3 aromatic heterocycles. The van der Waals surface area contributed by atoms with Gasteiger partial charge in [0, 0.05) is 41.7 Å². The lowest BCUT2D eigenvalue weighted by molar-refractivity contribution is 0.0786. The summed E-state index contributed by atoms with van der Waals surface area (Å²) in [5, 5.41) is 8.63. The third-order valence-corrected chi connectivity index (χ3v) is 5.77. The van der Waals surface area contributed by atoms with E-state index < -0.39 is 0 Å². The molecule has 1 fully saturated rings. The van der Waals surface area contributed by atoms with Gasteiger partial charge in [0.1, 0.15) is 11.5 Å². The summed E-state index contributed by atoms with van der Waals surface area (Å²) in [4.78, 5) is 28.2. The molecule has 0 aliphatic carbocycles. The van der Waals surface area contributed by atoms with Gasteiger partial charge >= 0.3 is 0 Å². The van der Waals surface area contributed by atoms with Gasteiger partial charge in [-0.1, -0.05) is 18.2 Å². The molecule has 1 aliphatic heterocycles. The van der Waals surface area contributed by atoms with Crippen LogP contribution in [0.15, 0.2) is 65.5 Å². The third kappa shape index (κ3) is 3.56. The van der Waals surface area contributed by atoms with Crippen molar-refractivity contribution in [2.45, 2.75) is 12.5 Å². The molecule has 0 unspecified atom stereocenters. The Kier molecular flexibility index (Phi) is 4.65. The standard InChI is InChI=1S/C22H19N5OS/c28-22(19-7-3-4-10-23-19)27-11-8-16(13-27)24-21-17-5-1-2-6-18(17)25-20(26-21)15-9-12-29-14-15/h1-7,9-10,12,14,16H,8,11,13H2,(H,24,25,26)/t16-/m1/s1. The van der Waals surface area contributed by atoms with Crippen LogP contribution in [-0.2, 0) is 0 Å². The van der Waals surface area contributed by atoms with Crippen LogP contribution in [0, 0.1) is 0 Å². The van der Waals surface area contributed by atoms with E-state index in [4.69, 9.17) is 9.97 Å². The molecule has 1 N–H and O–H groups in total. The van der Waals surface area contributed by atoms with Gasteiger partial charge in [-0.05, 0) is 42.1 Å². The molecule has 1 amide bonds. The number of hydrogen-bond donors (Lipinski definition) is 1. The van der Waals surface area contributed by atoms with Crippen LogP contribution in [0.4, 0.5) is 5.82 Å². The summed E-state index contributed by atoms with van der Waals surface area (Å²) in [6.07, 6.45) is 2.52. The molecule has 7 heteroatoms. The summed E-state index contributed by atoms with van der Waals surface area (Å²) in [6, 6.07) is 15.6. The average Bonchev–Trinajstić information content (AvgIpc) is 3.46. The zero-order valence-electron chi connectivity index (χ0n) is 15.7. The predicted molar refractivity (Wildman–Crippen MR) is 115 cm³/mol. The van der Waals surface area contributed by atoms with Crippen molar-refractivity contribution < 1.29 is 4.79 Å². The Morgan fingerprint density at radius 2 is 2.00 bits per heavy atom. The Labute approximate surface area is 172 Å². The molecule has 1 atom stereocenters. The van der Waals surface area contributed by atoms with Crippen LogP contribution >= 0.6 is 11.3 Å². The second-order valence-electron chi connectivity index (χ2n) is 7.02. The Morgan fingerprint density at radius 1 is 1.10 bits per heavy atom. The van der Waals surface area contributed by atoms with Crippen molar-refractivity contribution in [3.63, 3.8) is 0 Å². The number of nitrogens with one attached hydrogen (secondary N) is 1. The maximum atomic E-state index is 12.7. The number of likely N-dealkylation sites (tertiary alicyclic amines) is 1. The van der Waals surface area contributed by atoms with E-state index in [-0.39, 0.29) is 11.9 Å². The van der Waals surface area contributed by atoms with Crippen molar-refractivity contribution in [1.82, 2.24) is 19.9 Å². The zero-order chi connectivity index (χ0) is 19.6. The predicted octanol–water partition coefficient (Wildman–Crippen LogP) is 4.08. The number of thiophene rings is 1. The fourth-order valence-electron chi connectivity index (χ4n) is 3.61. The van der Waals surface area contributed by atoms with Crippen LogP contribution in [0.25, 0.3) is 22.3 Å². The van der Waals surface area contributed by atoms with E-state index in [9.17, 15) is 4.79 Å². The van der Waals surface area contributed by atoms with Crippen LogP contribution in [-0.4, -0.2) is 44.9 Å². The maximum Gasteiger partial charge on any atom is 0.272 e. The molecule has 0 spiro atoms. The molecule has 4 aromatic rings. The van der Waals surface area contributed by atoms with Crippen LogP contribution in [0.2, 0.25) is 0 Å². The molecular formula is C22H19N5OS. The van der Waals surface area contributed by atoms with Gasteiger partial charge in [0.15, 0.2) is 5.82 Å². The first-order valence-corrected chi connectivity index (χ1v) is 10.5. The molecule has 0 radical (unpaired) electrons. The SMILES string of the molecule is O=C(c1ccccn1)N1CC[C@@H](Nc2nc(-c3ccsc3)nc3ccccc23)C1. The minimum atomic E-state index is -0.0265. The number of rotatable bonds is 4. The highest BCUT2D eigenvalue weighted by Gasteiger charge is 2.28. The highest BCUT2D eigenvalue weighted by atomic mass is 32.1. The number of carbonyl (C=O) groups excluding carboxylic acids is 1. The lowest BCUT2D eigenvalue weighted by atomic mass is 10.2. The zero-order valence-corrected chi connectivity index (χ0v) is 16.5. The number of anilines is 1. The second-order valence-corrected chi connectivity index (χ2v) is 7.80. The van der Waals surface area contributed by atoms with Gasteiger partial charge in [0.2, 0.25) is 0 Å². The lowest BCUT2D eigenvalue weighted by Gasteiger charge is -2.18. The summed E-state index contributed by atoms with van der Waals surface area (Å²) >= 11 is 1.63. The first-order valence-electron chi connectivity index (χ1n) is 9.54. The average molecular weight is 401 g/mol. The number of amides is 1. The van der Waals surface area contributed by atoms with E-state index in [0.717, 1.165) is 28.7 Å². The summed E-state index contributed by atoms with van der Waals surface area (Å²) in [5.41, 5.74) is 2.41. The van der Waals surface area contributed by atoms with Crippen LogP contribution < -0.4 is 5.32 Å². The van der Waals surface area contributed by atoms with Crippen LogP contribution in [0.5, 0.6) is 0 Å². The van der Waals surface area contributed by atoms with Crippen molar-refractivity contribution >= 4 is 34.0 Å². The van der Waals surface area contributed by atoms with Crippen molar-refractivity contribution in [2.75, 3.05) is 18.4 Å². The first-order chi connectivity index (χ1) is 14.3. The first kappa shape index (κ1) is 17.8. The molecule has 5 rings (SSSR count). The number of carbonyl (C=O) groups is 1. The van der Waals surface area contributed by atoms with Gasteiger partial charge in [0.05, 0.1) is 5.52 Å². The number of aromatic nitrogens is 3. The Bertz CT molecular complexity index is 1150. The lowest BCUT2D eigenvalue weighted by Crippen LogP contribution is -2.32. The summed E-state index contributed by atoms with van der Waals surface area (Å²) in [6.45, 7) is 1.33. The van der Waals surface area contributed by atoms with E-state index in [0.29, 0.717) is 24.6 Å². The molecular weight excluding hydrogens is 382 g/mol. The maximum absolute atomic E-state index is 12.7. The molecule has 4 heterocycles. The Balaban J connectivity index is 1.40. The van der Waals surface area contributed by atoms with Gasteiger partial charge in [-0.25, -0.2) is 9.97 Å². The van der Waals surface area contributed by atoms with E-state index in [1.54, 1.807) is 23.6 Å². The normalized spacial score (nSPS) is 16.3. The van der Waals surface area contributed by atoms with Crippen molar-refractivity contribution in [3.8, 4) is 11.4 Å². The molecule has 1 aliphatic rings. The highest BCUT2D eigenvalue weighted by molar-refractivity contribution is 7.08. The largest absolute Gasteiger partial charge is 0.365 e. The minimum absolute atomic E-state index is 0.0265. The number of fused-ring (bicyclic) bond motifs is 1. The number of hydrogen-bond acceptors (Lipinski definition) is 6. The summed E-state index contributed by atoms with van der Waals surface area (Å²) in [5.74, 6) is 1.50. The molecule has 0 bridgehead atoms. The highest BCUT2D eigenvalue weighted by Crippen LogP contribution is 2.27. The summed E-state index contributed by atoms with van der Waals surface area (Å²) < 4.78 is 0. The van der Waals surface area contributed by atoms with Crippen molar-refractivity contribution in [2.24, 2.45) is 0 Å². The van der Waals surface area contributed by atoms with Crippen LogP contribution in [0.3, 0.4) is 0 Å². The number of pyridine rings is 1. The molecule has 144 valence electrons. The summed E-state index contributed by atoms with van der Waals surface area (Å²) in [7, 11) is 0. The second kappa shape index (κ2) is 7.60. The molecule has 0 saturated carbocycles. The van der Waals surface area contributed by atoms with Gasteiger partial charge in [-0.15, -0.1) is 0 Å². The number of nitrogens with zero attached hydrogens (tertiary/aromatic N) is 4. The van der Waals surface area contributed by atoms with E-state index >= 15 is 0 Å². The van der Waals surface area contributed by atoms with E-state index in [1.807, 2.05) is 52.7 Å². The number of para-hydroxylation sites is 1. The van der Waals surface area contributed by atoms with Crippen LogP contribution in [0.1, 0.15) is 16.9 Å². The third-order valence-electron chi connectivity index (χ3n) is 5.08. The molecule has 6 nitrogen and oxygen atoms in total. The fourth-order valence-corrected chi connectivity index (χ4v) is 4.25. The van der Waals surface area contributed by atoms with Gasteiger partial charge in [-0.2, -0.15) is 11.3 Å². The monoisotopic (exact) mass is 401 g/mol. The topological polar surface area (TPSA) is 71.0 Å². The quantitative estimate of drug-likeness (QED) is 0.558. The van der Waals surface area contributed by atoms with Gasteiger partial charge in [0.25, 0.3) is 5.91 Å². The Hall–Kier alpha value is -3.32. The molecule has 1 aromatic carbocycles. The van der Waals surface area contributed by atoms with E-state index in [2.05, 4.69) is 15.7 Å². The minimum Gasteiger partial charge on any atom is -0.365 e. The number of benzene rings is 1. The van der Waals surface area contributed by atoms with Gasteiger partial charge < -0.3 is 10.2 Å². The molecule has 1 saturated heterocycles. The fraction of sp³-hybridized carbons (Fsp3) is 0.182. The smallest absolute Gasteiger partial charge is 0.272 e. The molecule has 29 heavy (non-hydrogen) atoms. The van der Waals surface area contributed by atoms with Crippen molar-refractivity contribution in [3.05, 3.63) is 71.2 Å². The Morgan fingerprint density at radius 3 is 2.83 bits per heavy atom. The van der Waals surface area contributed by atoms with Crippen molar-refractivity contribution in [1.29, 1.82) is 0 Å². The van der Waals surface area contributed by atoms with E-state index in [1.165, 1.54) is 0 Å².